The lowest BCUT2D eigenvalue weighted by Crippen LogP contribution is -2.31. The molecule has 0 fully saturated rings. The van der Waals surface area contributed by atoms with Crippen LogP contribution in [0.5, 0.6) is 0 Å². The fraction of sp³-hybridized carbons (Fsp3) is 0.414. The Morgan fingerprint density at radius 3 is 2.19 bits per heavy atom. The van der Waals surface area contributed by atoms with Crippen molar-refractivity contribution in [2.24, 2.45) is 0 Å². The summed E-state index contributed by atoms with van der Waals surface area (Å²) in [5.74, 6) is -1.25. The number of methoxy groups -OCH3 is 2. The van der Waals surface area contributed by atoms with Gasteiger partial charge >= 0.3 is 11.7 Å². The summed E-state index contributed by atoms with van der Waals surface area (Å²) in [6.45, 7) is 4.34. The molecule has 0 aliphatic heterocycles. The molecular formula is C29H36N2O6. The summed E-state index contributed by atoms with van der Waals surface area (Å²) in [4.78, 5) is 38.4. The van der Waals surface area contributed by atoms with Crippen LogP contribution in [0.3, 0.4) is 0 Å². The van der Waals surface area contributed by atoms with Gasteiger partial charge in [-0.2, -0.15) is 0 Å². The number of carbonyl (C=O) groups excluding carboxylic acids is 1. The Hall–Kier alpha value is -3.49. The molecule has 8 heteroatoms. The van der Waals surface area contributed by atoms with Gasteiger partial charge in [0.25, 0.3) is 0 Å². The summed E-state index contributed by atoms with van der Waals surface area (Å²) in [5, 5.41) is 9.53. The molecule has 3 rings (SSSR count). The van der Waals surface area contributed by atoms with E-state index in [1.807, 2.05) is 31.2 Å². The number of hydrogen-bond acceptors (Lipinski definition) is 5. The first-order valence-electron chi connectivity index (χ1n) is 12.7. The van der Waals surface area contributed by atoms with Crippen LogP contribution in [0.1, 0.15) is 84.3 Å². The second-order valence-corrected chi connectivity index (χ2v) is 8.99. The van der Waals surface area contributed by atoms with Crippen LogP contribution in [0.4, 0.5) is 0 Å². The predicted molar refractivity (Wildman–Crippen MR) is 142 cm³/mol. The largest absolute Gasteiger partial charge is 0.478 e. The van der Waals surface area contributed by atoms with Crippen LogP contribution < -0.4 is 5.69 Å². The molecule has 0 spiro atoms. The molecule has 0 saturated carbocycles. The van der Waals surface area contributed by atoms with Crippen LogP contribution in [0.15, 0.2) is 53.3 Å². The van der Waals surface area contributed by atoms with E-state index in [1.165, 1.54) is 18.8 Å². The van der Waals surface area contributed by atoms with Crippen LogP contribution in [-0.2, 0) is 22.4 Å². The van der Waals surface area contributed by atoms with E-state index in [0.29, 0.717) is 24.1 Å². The van der Waals surface area contributed by atoms with Gasteiger partial charge in [0, 0.05) is 26.3 Å². The highest BCUT2D eigenvalue weighted by Crippen LogP contribution is 2.27. The van der Waals surface area contributed by atoms with Crippen LogP contribution in [0, 0.1) is 0 Å². The fourth-order valence-corrected chi connectivity index (χ4v) is 4.51. The molecule has 1 N–H and O–H groups in total. The number of nitrogens with zero attached hydrogens (tertiary/aromatic N) is 2. The number of carbonyl (C=O) groups is 2. The maximum atomic E-state index is 13.7. The van der Waals surface area contributed by atoms with E-state index < -0.39 is 17.9 Å². The lowest BCUT2D eigenvalue weighted by Gasteiger charge is -2.17. The van der Waals surface area contributed by atoms with Gasteiger partial charge in [0.15, 0.2) is 0 Å². The number of carboxylic acid groups (broad SMARTS) is 1. The van der Waals surface area contributed by atoms with Crippen molar-refractivity contribution >= 4 is 11.9 Å². The van der Waals surface area contributed by atoms with E-state index in [9.17, 15) is 19.5 Å². The Morgan fingerprint density at radius 2 is 1.59 bits per heavy atom. The summed E-state index contributed by atoms with van der Waals surface area (Å²) in [5.41, 5.74) is 3.26. The molecule has 37 heavy (non-hydrogen) atoms. The number of aromatic carboxylic acids is 1. The smallest absolute Gasteiger partial charge is 0.336 e. The predicted octanol–water partition coefficient (Wildman–Crippen LogP) is 5.53. The normalized spacial score (nSPS) is 11.3. The molecule has 8 nitrogen and oxygen atoms in total. The second-order valence-electron chi connectivity index (χ2n) is 8.99. The molecule has 1 heterocycles. The van der Waals surface area contributed by atoms with E-state index in [1.54, 1.807) is 28.8 Å². The molecule has 0 aliphatic carbocycles. The Balaban J connectivity index is 2.07. The van der Waals surface area contributed by atoms with Crippen LogP contribution in [0.2, 0.25) is 0 Å². The van der Waals surface area contributed by atoms with Crippen molar-refractivity contribution < 1.29 is 24.2 Å². The summed E-state index contributed by atoms with van der Waals surface area (Å²) < 4.78 is 13.9. The third kappa shape index (κ3) is 6.26. The first-order valence-corrected chi connectivity index (χ1v) is 12.7. The van der Waals surface area contributed by atoms with Crippen molar-refractivity contribution in [1.82, 2.24) is 9.13 Å². The van der Waals surface area contributed by atoms with Gasteiger partial charge in [0.1, 0.15) is 5.69 Å². The molecule has 0 aliphatic rings. The zero-order chi connectivity index (χ0) is 26.9. The lowest BCUT2D eigenvalue weighted by molar-refractivity contribution is -0.110. The maximum Gasteiger partial charge on any atom is 0.336 e. The molecule has 0 bridgehead atoms. The van der Waals surface area contributed by atoms with Crippen LogP contribution >= 0.6 is 0 Å². The molecule has 0 atom stereocenters. The minimum absolute atomic E-state index is 0.228. The SMILES string of the molecule is CCCCC(=O)n1c(C(OC)OC)c(CCCC)n(Cc2ccc(-c3ccccc3C(=O)O)cc2)c1=O. The topological polar surface area (TPSA) is 99.8 Å². The average Bonchev–Trinajstić information content (AvgIpc) is 3.18. The van der Waals surface area contributed by atoms with E-state index in [2.05, 4.69) is 6.92 Å². The molecule has 1 aromatic heterocycles. The van der Waals surface area contributed by atoms with Crippen molar-refractivity contribution in [2.75, 3.05) is 14.2 Å². The van der Waals surface area contributed by atoms with Gasteiger partial charge in [0.2, 0.25) is 12.2 Å². The van der Waals surface area contributed by atoms with Crippen molar-refractivity contribution in [3.8, 4) is 11.1 Å². The molecule has 3 aromatic rings. The third-order valence-corrected chi connectivity index (χ3v) is 6.46. The van der Waals surface area contributed by atoms with E-state index >= 15 is 0 Å². The Kier molecular flexibility index (Phi) is 10.00. The highest BCUT2D eigenvalue weighted by molar-refractivity contribution is 5.96. The monoisotopic (exact) mass is 508 g/mol. The molecule has 198 valence electrons. The third-order valence-electron chi connectivity index (χ3n) is 6.46. The molecule has 0 unspecified atom stereocenters. The zero-order valence-electron chi connectivity index (χ0n) is 22.0. The van der Waals surface area contributed by atoms with Gasteiger partial charge in [-0.25, -0.2) is 14.2 Å². The number of ether oxygens (including phenoxy) is 2. The Bertz CT molecular complexity index is 1270. The van der Waals surface area contributed by atoms with Gasteiger partial charge in [-0.05, 0) is 42.0 Å². The number of imidazole rings is 1. The van der Waals surface area contributed by atoms with Crippen molar-refractivity contribution in [1.29, 1.82) is 0 Å². The molecular weight excluding hydrogens is 472 g/mol. The van der Waals surface area contributed by atoms with Gasteiger partial charge < -0.3 is 14.6 Å². The molecule has 0 amide bonds. The number of benzene rings is 2. The number of carboxylic acids is 1. The fourth-order valence-electron chi connectivity index (χ4n) is 4.51. The van der Waals surface area contributed by atoms with E-state index in [-0.39, 0.29) is 24.4 Å². The first-order chi connectivity index (χ1) is 17.9. The molecule has 0 saturated heterocycles. The number of aromatic nitrogens is 2. The zero-order valence-corrected chi connectivity index (χ0v) is 22.0. The Labute approximate surface area is 217 Å². The van der Waals surface area contributed by atoms with Crippen molar-refractivity contribution in [3.05, 3.63) is 81.5 Å². The van der Waals surface area contributed by atoms with Crippen LogP contribution in [-0.4, -0.2) is 40.3 Å². The molecule has 2 aromatic carbocycles. The van der Waals surface area contributed by atoms with Gasteiger partial charge in [-0.1, -0.05) is 69.2 Å². The number of rotatable bonds is 13. The minimum atomic E-state index is -0.987. The van der Waals surface area contributed by atoms with Crippen LogP contribution in [0.25, 0.3) is 11.1 Å². The van der Waals surface area contributed by atoms with Crippen molar-refractivity contribution in [3.63, 3.8) is 0 Å². The Morgan fingerprint density at radius 1 is 0.946 bits per heavy atom. The summed E-state index contributed by atoms with van der Waals surface area (Å²) >= 11 is 0. The lowest BCUT2D eigenvalue weighted by atomic mass is 9.98. The standard InChI is InChI=1S/C29H36N2O6/c1-5-7-13-24-26(28(36-3)37-4)31(25(32)14-8-6-2)29(35)30(24)19-20-15-17-21(18-16-20)22-11-9-10-12-23(22)27(33)34/h9-12,15-18,28H,5-8,13-14,19H2,1-4H3,(H,33,34). The summed E-state index contributed by atoms with van der Waals surface area (Å²) in [6, 6.07) is 14.3. The highest BCUT2D eigenvalue weighted by atomic mass is 16.7. The number of unbranched alkanes of at least 4 members (excludes halogenated alkanes) is 2. The summed E-state index contributed by atoms with van der Waals surface area (Å²) in [7, 11) is 2.99. The number of hydrogen-bond donors (Lipinski definition) is 1. The first kappa shape index (κ1) is 28.1. The highest BCUT2D eigenvalue weighted by Gasteiger charge is 2.29. The van der Waals surface area contributed by atoms with E-state index in [0.717, 1.165) is 36.1 Å². The summed E-state index contributed by atoms with van der Waals surface area (Å²) in [6.07, 6.45) is 3.30. The van der Waals surface area contributed by atoms with Gasteiger partial charge in [0.05, 0.1) is 12.1 Å². The van der Waals surface area contributed by atoms with E-state index in [4.69, 9.17) is 9.47 Å². The van der Waals surface area contributed by atoms with Gasteiger partial charge in [-0.15, -0.1) is 0 Å². The maximum absolute atomic E-state index is 13.7. The second kappa shape index (κ2) is 13.2. The molecule has 0 radical (unpaired) electrons. The quantitative estimate of drug-likeness (QED) is 0.305. The minimum Gasteiger partial charge on any atom is -0.478 e. The van der Waals surface area contributed by atoms with Gasteiger partial charge in [-0.3, -0.25) is 9.36 Å². The van der Waals surface area contributed by atoms with Crippen molar-refractivity contribution in [2.45, 2.75) is 65.2 Å². The average molecular weight is 509 g/mol.